The summed E-state index contributed by atoms with van der Waals surface area (Å²) in [6.07, 6.45) is -2.42. The van der Waals surface area contributed by atoms with Gasteiger partial charge in [-0.25, -0.2) is 0 Å². The van der Waals surface area contributed by atoms with Gasteiger partial charge in [0, 0.05) is 49.2 Å². The van der Waals surface area contributed by atoms with E-state index in [0.717, 1.165) is 10.9 Å². The highest BCUT2D eigenvalue weighted by molar-refractivity contribution is 6.38. The van der Waals surface area contributed by atoms with Gasteiger partial charge in [-0.1, -0.05) is 30.1 Å². The molecule has 0 radical (unpaired) electrons. The number of hydrogen-bond acceptors (Lipinski definition) is 3. The number of likely N-dealkylation sites (tertiary alicyclic amines) is 1. The number of benzene rings is 2. The molecule has 198 valence electrons. The van der Waals surface area contributed by atoms with Crippen molar-refractivity contribution < 1.29 is 32.6 Å². The Bertz CT molecular complexity index is 1390. The number of carbonyl (C=O) groups is 2. The fraction of sp³-hybridized carbons (Fsp3) is 0.385. The van der Waals surface area contributed by atoms with E-state index in [0.29, 0.717) is 41.2 Å². The zero-order valence-electron chi connectivity index (χ0n) is 20.3. The summed E-state index contributed by atoms with van der Waals surface area (Å²) in [5.74, 6) is -2.19. The van der Waals surface area contributed by atoms with Crippen LogP contribution in [-0.4, -0.2) is 45.9 Å². The molecule has 2 heterocycles. The van der Waals surface area contributed by atoms with Gasteiger partial charge in [0.05, 0.1) is 22.0 Å². The molecular formula is C26H25Cl2F3N2O4. The quantitative estimate of drug-likeness (QED) is 0.391. The number of rotatable bonds is 5. The molecule has 0 saturated carbocycles. The molecule has 2 aromatic carbocycles. The maximum atomic E-state index is 13.3. The zero-order chi connectivity index (χ0) is 27.2. The van der Waals surface area contributed by atoms with Crippen molar-refractivity contribution in [1.82, 2.24) is 9.47 Å². The van der Waals surface area contributed by atoms with E-state index in [1.54, 1.807) is 48.7 Å². The number of alkyl halides is 3. The molecule has 3 aromatic rings. The minimum absolute atomic E-state index is 0.192. The lowest BCUT2D eigenvalue weighted by molar-refractivity contribution is -0.274. The van der Waals surface area contributed by atoms with Gasteiger partial charge in [-0.2, -0.15) is 0 Å². The number of carboxylic acid groups (broad SMARTS) is 1. The molecule has 0 bridgehead atoms. The Hall–Kier alpha value is -2.91. The van der Waals surface area contributed by atoms with Gasteiger partial charge in [-0.15, -0.1) is 13.2 Å². The lowest BCUT2D eigenvalue weighted by atomic mass is 9.86. The van der Waals surface area contributed by atoms with Crippen LogP contribution in [0.2, 0.25) is 10.0 Å². The number of carboxylic acids is 1. The van der Waals surface area contributed by atoms with Gasteiger partial charge in [0.15, 0.2) is 0 Å². The van der Waals surface area contributed by atoms with Crippen LogP contribution in [0.15, 0.2) is 30.5 Å². The standard InChI is InChI=1S/C26H25Cl2F3N2O4/c1-13-8-16(37-26(29,30)31)10-21-22(13)15(12-32(21)3)9-19-20(27)5-4-18(23(19)28)24(34)33-7-6-17(25(35)36)14(2)11-33/h4-5,8,10,12,14,17H,6-7,9,11H2,1-3H3,(H,35,36)/t14-,17+/m0/s1. The van der Waals surface area contributed by atoms with Crippen molar-refractivity contribution in [1.29, 1.82) is 0 Å². The molecule has 37 heavy (non-hydrogen) atoms. The van der Waals surface area contributed by atoms with Gasteiger partial charge in [-0.3, -0.25) is 9.59 Å². The summed E-state index contributed by atoms with van der Waals surface area (Å²) in [4.78, 5) is 26.3. The van der Waals surface area contributed by atoms with Gasteiger partial charge in [0.1, 0.15) is 5.75 Å². The number of hydrogen-bond donors (Lipinski definition) is 1. The highest BCUT2D eigenvalue weighted by Gasteiger charge is 2.34. The fourth-order valence-corrected chi connectivity index (χ4v) is 5.69. The first-order chi connectivity index (χ1) is 17.3. The Labute approximate surface area is 221 Å². The van der Waals surface area contributed by atoms with Crippen molar-refractivity contribution >= 4 is 46.0 Å². The van der Waals surface area contributed by atoms with Crippen LogP contribution in [0.4, 0.5) is 13.2 Å². The largest absolute Gasteiger partial charge is 0.573 e. The third-order valence-corrected chi connectivity index (χ3v) is 7.65. The smallest absolute Gasteiger partial charge is 0.481 e. The van der Waals surface area contributed by atoms with Crippen molar-refractivity contribution in [3.8, 4) is 5.75 Å². The van der Waals surface area contributed by atoms with Gasteiger partial charge in [0.2, 0.25) is 0 Å². The van der Waals surface area contributed by atoms with Crippen molar-refractivity contribution in [2.45, 2.75) is 33.1 Å². The number of fused-ring (bicyclic) bond motifs is 1. The van der Waals surface area contributed by atoms with Gasteiger partial charge >= 0.3 is 12.3 Å². The Morgan fingerprint density at radius 1 is 1.22 bits per heavy atom. The normalized spacial score (nSPS) is 18.3. The molecule has 1 N–H and O–H groups in total. The van der Waals surface area contributed by atoms with Crippen LogP contribution in [0, 0.1) is 18.8 Å². The summed E-state index contributed by atoms with van der Waals surface area (Å²) in [5.41, 5.74) is 2.69. The second kappa shape index (κ2) is 10.1. The van der Waals surface area contributed by atoms with Crippen LogP contribution in [0.25, 0.3) is 10.9 Å². The SMILES string of the molecule is Cc1cc(OC(F)(F)F)cc2c1c(Cc1c(Cl)ccc(C(=O)N3CC[C@@H](C(=O)O)[C@@H](C)C3)c1Cl)cn2C. The maximum Gasteiger partial charge on any atom is 0.573 e. The van der Waals surface area contributed by atoms with E-state index < -0.39 is 18.2 Å². The molecule has 1 saturated heterocycles. The molecule has 1 amide bonds. The average molecular weight is 557 g/mol. The van der Waals surface area contributed by atoms with E-state index in [4.69, 9.17) is 23.2 Å². The minimum Gasteiger partial charge on any atom is -0.481 e. The average Bonchev–Trinajstić information content (AvgIpc) is 3.10. The number of piperidine rings is 1. The van der Waals surface area contributed by atoms with E-state index in [9.17, 15) is 27.9 Å². The number of ether oxygens (including phenoxy) is 1. The molecule has 0 unspecified atom stereocenters. The van der Waals surface area contributed by atoms with Crippen LogP contribution >= 0.6 is 23.2 Å². The number of carbonyl (C=O) groups excluding carboxylic acids is 1. The summed E-state index contributed by atoms with van der Waals surface area (Å²) in [7, 11) is 1.72. The molecule has 0 spiro atoms. The van der Waals surface area contributed by atoms with E-state index in [1.807, 2.05) is 0 Å². The van der Waals surface area contributed by atoms with Crippen LogP contribution in [-0.2, 0) is 18.3 Å². The number of aromatic nitrogens is 1. The Morgan fingerprint density at radius 3 is 2.54 bits per heavy atom. The second-order valence-electron chi connectivity index (χ2n) is 9.47. The summed E-state index contributed by atoms with van der Waals surface area (Å²) in [6.45, 7) is 4.11. The van der Waals surface area contributed by atoms with Gasteiger partial charge < -0.3 is 19.3 Å². The molecule has 11 heteroatoms. The summed E-state index contributed by atoms with van der Waals surface area (Å²) in [5, 5.41) is 10.7. The predicted molar refractivity (Wildman–Crippen MR) is 134 cm³/mol. The van der Waals surface area contributed by atoms with Gasteiger partial charge in [0.25, 0.3) is 5.91 Å². The summed E-state index contributed by atoms with van der Waals surface area (Å²) >= 11 is 13.2. The number of halogens is 5. The van der Waals surface area contributed by atoms with Crippen LogP contribution in [0.5, 0.6) is 5.75 Å². The van der Waals surface area contributed by atoms with Crippen molar-refractivity contribution in [3.05, 3.63) is 62.8 Å². The molecule has 1 aromatic heterocycles. The number of nitrogens with zero attached hydrogens (tertiary/aromatic N) is 2. The second-order valence-corrected chi connectivity index (χ2v) is 10.3. The number of aliphatic carboxylic acids is 1. The fourth-order valence-electron chi connectivity index (χ4n) is 5.11. The van der Waals surface area contributed by atoms with Crippen molar-refractivity contribution in [3.63, 3.8) is 0 Å². The van der Waals surface area contributed by atoms with Crippen molar-refractivity contribution in [2.24, 2.45) is 18.9 Å². The lowest BCUT2D eigenvalue weighted by Gasteiger charge is -2.35. The third-order valence-electron chi connectivity index (χ3n) is 6.87. The molecule has 0 aliphatic carbocycles. The van der Waals surface area contributed by atoms with E-state index in [2.05, 4.69) is 4.74 Å². The van der Waals surface area contributed by atoms with Crippen LogP contribution in [0.1, 0.15) is 40.4 Å². The lowest BCUT2D eigenvalue weighted by Crippen LogP contribution is -2.45. The Morgan fingerprint density at radius 2 is 1.92 bits per heavy atom. The number of amides is 1. The minimum atomic E-state index is -4.80. The predicted octanol–water partition coefficient (Wildman–Crippen LogP) is 6.47. The summed E-state index contributed by atoms with van der Waals surface area (Å²) in [6, 6.07) is 5.80. The van der Waals surface area contributed by atoms with E-state index >= 15 is 0 Å². The highest BCUT2D eigenvalue weighted by Crippen LogP contribution is 2.37. The van der Waals surface area contributed by atoms with E-state index in [-0.39, 0.29) is 34.6 Å². The van der Waals surface area contributed by atoms with E-state index in [1.165, 1.54) is 12.1 Å². The molecule has 1 fully saturated rings. The zero-order valence-corrected chi connectivity index (χ0v) is 21.8. The molecule has 6 nitrogen and oxygen atoms in total. The maximum absolute atomic E-state index is 13.3. The first kappa shape index (κ1) is 27.1. The Balaban J connectivity index is 1.66. The number of aryl methyl sites for hydroxylation is 2. The summed E-state index contributed by atoms with van der Waals surface area (Å²) < 4.78 is 44.1. The van der Waals surface area contributed by atoms with Crippen LogP contribution in [0.3, 0.4) is 0 Å². The monoisotopic (exact) mass is 556 g/mol. The van der Waals surface area contributed by atoms with Gasteiger partial charge in [-0.05, 0) is 54.2 Å². The molecule has 4 rings (SSSR count). The molecular weight excluding hydrogens is 532 g/mol. The first-order valence-corrected chi connectivity index (χ1v) is 12.4. The first-order valence-electron chi connectivity index (χ1n) is 11.6. The van der Waals surface area contributed by atoms with Crippen molar-refractivity contribution in [2.75, 3.05) is 13.1 Å². The third kappa shape index (κ3) is 5.52. The molecule has 1 aliphatic heterocycles. The molecule has 1 aliphatic rings. The molecule has 2 atom stereocenters. The van der Waals surface area contributed by atoms with Crippen LogP contribution < -0.4 is 4.74 Å². The topological polar surface area (TPSA) is 71.8 Å². The Kier molecular flexibility index (Phi) is 7.41. The highest BCUT2D eigenvalue weighted by atomic mass is 35.5.